The van der Waals surface area contributed by atoms with E-state index < -0.39 is 7.26 Å². The van der Waals surface area contributed by atoms with Crippen LogP contribution in [-0.2, 0) is 13.2 Å². The Morgan fingerprint density at radius 2 is 1.12 bits per heavy atom. The van der Waals surface area contributed by atoms with Gasteiger partial charge in [0.2, 0.25) is 0 Å². The van der Waals surface area contributed by atoms with Gasteiger partial charge in [-0.3, -0.25) is 0 Å². The molecule has 4 aromatic rings. The van der Waals surface area contributed by atoms with E-state index in [-0.39, 0.29) is 0 Å². The first kappa shape index (κ1) is 16.8. The smallest absolute Gasteiger partial charge is 0.118 e. The Morgan fingerprint density at radius 3 is 1.46 bits per heavy atom. The number of aryl methyl sites for hydroxylation is 1. The molecule has 3 heteroatoms. The van der Waals surface area contributed by atoms with Crippen molar-refractivity contribution < 1.29 is 0 Å². The quantitative estimate of drug-likeness (QED) is 0.495. The van der Waals surface area contributed by atoms with Gasteiger partial charge in [-0.05, 0) is 36.4 Å². The zero-order valence-corrected chi connectivity index (χ0v) is 15.8. The minimum atomic E-state index is -1.83. The van der Waals surface area contributed by atoms with Crippen molar-refractivity contribution in [1.29, 1.82) is 0 Å². The summed E-state index contributed by atoms with van der Waals surface area (Å²) in [4.78, 5) is 4.37. The Morgan fingerprint density at radius 1 is 0.692 bits per heavy atom. The molecule has 0 aliphatic rings. The number of rotatable bonds is 5. The fourth-order valence-corrected chi connectivity index (χ4v) is 7.82. The first-order valence-corrected chi connectivity index (χ1v) is 10.8. The van der Waals surface area contributed by atoms with Crippen LogP contribution >= 0.6 is 7.26 Å². The van der Waals surface area contributed by atoms with Crippen molar-refractivity contribution in [2.45, 2.75) is 6.16 Å². The molecular formula is C23H22N2P+. The molecule has 128 valence electrons. The third-order valence-corrected chi connectivity index (χ3v) is 9.24. The predicted octanol–water partition coefficient (Wildman–Crippen LogP) is 3.91. The van der Waals surface area contributed by atoms with Crippen LogP contribution in [0, 0.1) is 0 Å². The van der Waals surface area contributed by atoms with Gasteiger partial charge in [0, 0.05) is 7.05 Å². The van der Waals surface area contributed by atoms with Crippen molar-refractivity contribution in [2.24, 2.45) is 7.05 Å². The highest BCUT2D eigenvalue weighted by Gasteiger charge is 2.45. The van der Waals surface area contributed by atoms with Crippen LogP contribution < -0.4 is 15.9 Å². The van der Waals surface area contributed by atoms with Crippen LogP contribution in [-0.4, -0.2) is 9.55 Å². The van der Waals surface area contributed by atoms with Crippen LogP contribution in [0.1, 0.15) is 5.69 Å². The molecule has 2 nitrogen and oxygen atoms in total. The Labute approximate surface area is 155 Å². The number of nitrogens with zero attached hydrogens (tertiary/aromatic N) is 2. The van der Waals surface area contributed by atoms with Crippen LogP contribution in [0.5, 0.6) is 0 Å². The van der Waals surface area contributed by atoms with Crippen LogP contribution in [0.25, 0.3) is 0 Å². The zero-order valence-electron chi connectivity index (χ0n) is 14.9. The lowest BCUT2D eigenvalue weighted by molar-refractivity contribution is 0.865. The third kappa shape index (κ3) is 2.98. The molecule has 0 radical (unpaired) electrons. The summed E-state index contributed by atoms with van der Waals surface area (Å²) in [5.74, 6) is 0. The summed E-state index contributed by atoms with van der Waals surface area (Å²) in [6.45, 7) is 0. The standard InChI is InChI=1S/C23H22N2P/c1-25-19-24-17-20(25)18-26(21-11-5-2-6-12-21,22-13-7-3-8-14-22)23-15-9-4-10-16-23/h2-17,19H,18H2,1H3/q+1. The Bertz CT molecular complexity index is 866. The molecular weight excluding hydrogens is 335 g/mol. The summed E-state index contributed by atoms with van der Waals surface area (Å²) < 4.78 is 2.14. The van der Waals surface area contributed by atoms with Gasteiger partial charge in [-0.2, -0.15) is 0 Å². The van der Waals surface area contributed by atoms with Crippen LogP contribution in [0.3, 0.4) is 0 Å². The number of hydrogen-bond donors (Lipinski definition) is 0. The van der Waals surface area contributed by atoms with Gasteiger partial charge in [0.1, 0.15) is 29.3 Å². The van der Waals surface area contributed by atoms with E-state index in [0.717, 1.165) is 6.16 Å². The van der Waals surface area contributed by atoms with Gasteiger partial charge in [-0.25, -0.2) is 4.98 Å². The maximum absolute atomic E-state index is 4.37. The van der Waals surface area contributed by atoms with Crippen molar-refractivity contribution in [2.75, 3.05) is 0 Å². The molecule has 4 rings (SSSR count). The second-order valence-electron chi connectivity index (χ2n) is 6.47. The lowest BCUT2D eigenvalue weighted by Gasteiger charge is -2.27. The third-order valence-electron chi connectivity index (χ3n) is 4.91. The SMILES string of the molecule is Cn1cncc1C[P+](c1ccccc1)(c1ccccc1)c1ccccc1. The number of benzene rings is 3. The molecule has 0 saturated carbocycles. The average molecular weight is 357 g/mol. The second-order valence-corrected chi connectivity index (χ2v) is 9.96. The van der Waals surface area contributed by atoms with E-state index >= 15 is 0 Å². The van der Waals surface area contributed by atoms with Gasteiger partial charge in [0.15, 0.2) is 0 Å². The van der Waals surface area contributed by atoms with E-state index in [4.69, 9.17) is 0 Å². The lowest BCUT2D eigenvalue weighted by atomic mass is 10.4. The van der Waals surface area contributed by atoms with E-state index in [1.54, 1.807) is 0 Å². The van der Waals surface area contributed by atoms with Crippen molar-refractivity contribution in [3.8, 4) is 0 Å². The molecule has 1 aromatic heterocycles. The summed E-state index contributed by atoms with van der Waals surface area (Å²) in [6, 6.07) is 32.9. The summed E-state index contributed by atoms with van der Waals surface area (Å²) in [5.41, 5.74) is 1.26. The molecule has 0 spiro atoms. The zero-order chi connectivity index (χ0) is 17.8. The molecule has 26 heavy (non-hydrogen) atoms. The highest BCUT2D eigenvalue weighted by atomic mass is 31.2. The van der Waals surface area contributed by atoms with Crippen LogP contribution in [0.15, 0.2) is 104 Å². The van der Waals surface area contributed by atoms with Gasteiger partial charge < -0.3 is 4.57 Å². The maximum atomic E-state index is 4.37. The van der Waals surface area contributed by atoms with E-state index in [1.165, 1.54) is 21.6 Å². The average Bonchev–Trinajstić information content (AvgIpc) is 3.12. The van der Waals surface area contributed by atoms with E-state index in [9.17, 15) is 0 Å². The van der Waals surface area contributed by atoms with Crippen molar-refractivity contribution in [3.05, 3.63) is 109 Å². The van der Waals surface area contributed by atoms with Crippen LogP contribution in [0.4, 0.5) is 0 Å². The molecule has 0 unspecified atom stereocenters. The Kier molecular flexibility index (Phi) is 4.69. The molecule has 0 saturated heterocycles. The molecule has 1 heterocycles. The monoisotopic (exact) mass is 357 g/mol. The predicted molar refractivity (Wildman–Crippen MR) is 112 cm³/mol. The van der Waals surface area contributed by atoms with Gasteiger partial charge in [0.25, 0.3) is 0 Å². The minimum Gasteiger partial charge on any atom is -0.335 e. The number of imidazole rings is 1. The Balaban J connectivity index is 2.02. The van der Waals surface area contributed by atoms with Crippen molar-refractivity contribution in [3.63, 3.8) is 0 Å². The highest BCUT2D eigenvalue weighted by Crippen LogP contribution is 2.57. The molecule has 0 N–H and O–H groups in total. The normalized spacial score (nSPS) is 11.4. The molecule has 3 aromatic carbocycles. The highest BCUT2D eigenvalue weighted by molar-refractivity contribution is 7.95. The van der Waals surface area contributed by atoms with Gasteiger partial charge in [-0.15, -0.1) is 0 Å². The first-order chi connectivity index (χ1) is 12.8. The summed E-state index contributed by atoms with van der Waals surface area (Å²) in [5, 5.41) is 4.20. The molecule has 0 fully saturated rings. The molecule has 0 amide bonds. The van der Waals surface area contributed by atoms with E-state index in [1.807, 2.05) is 12.5 Å². The summed E-state index contributed by atoms with van der Waals surface area (Å²) in [7, 11) is 0.252. The number of hydrogen-bond acceptors (Lipinski definition) is 1. The maximum Gasteiger partial charge on any atom is 0.118 e. The molecule has 0 aliphatic carbocycles. The summed E-state index contributed by atoms with van der Waals surface area (Å²) in [6.07, 6.45) is 4.86. The van der Waals surface area contributed by atoms with Crippen molar-refractivity contribution in [1.82, 2.24) is 9.55 Å². The Hall–Kier alpha value is -2.70. The number of aromatic nitrogens is 2. The largest absolute Gasteiger partial charge is 0.335 e. The van der Waals surface area contributed by atoms with Gasteiger partial charge >= 0.3 is 0 Å². The van der Waals surface area contributed by atoms with Gasteiger partial charge in [0.05, 0.1) is 18.2 Å². The topological polar surface area (TPSA) is 17.8 Å². The van der Waals surface area contributed by atoms with Crippen molar-refractivity contribution >= 4 is 23.2 Å². The van der Waals surface area contributed by atoms with E-state index in [2.05, 4.69) is 108 Å². The second kappa shape index (κ2) is 7.27. The minimum absolute atomic E-state index is 0.960. The van der Waals surface area contributed by atoms with E-state index in [0.29, 0.717) is 0 Å². The molecule has 0 bridgehead atoms. The summed E-state index contributed by atoms with van der Waals surface area (Å²) >= 11 is 0. The molecule has 0 atom stereocenters. The fraction of sp³-hybridized carbons (Fsp3) is 0.0870. The molecule has 0 aliphatic heterocycles. The fourth-order valence-electron chi connectivity index (χ4n) is 3.55. The van der Waals surface area contributed by atoms with Gasteiger partial charge in [-0.1, -0.05) is 54.6 Å². The van der Waals surface area contributed by atoms with Crippen LogP contribution in [0.2, 0.25) is 0 Å². The lowest BCUT2D eigenvalue weighted by Crippen LogP contribution is -2.32. The first-order valence-electron chi connectivity index (χ1n) is 8.81.